The van der Waals surface area contributed by atoms with Crippen molar-refractivity contribution in [1.82, 2.24) is 0 Å². The van der Waals surface area contributed by atoms with E-state index in [-0.39, 0.29) is 12.0 Å². The fourth-order valence-electron chi connectivity index (χ4n) is 5.19. The van der Waals surface area contributed by atoms with Crippen LogP contribution < -0.4 is 9.75 Å². The number of ether oxygens (including phenoxy) is 1. The Kier molecular flexibility index (Phi) is 7.50. The number of nitrogens with zero attached hydrogens (tertiary/aromatic N) is 5. The van der Waals surface area contributed by atoms with Gasteiger partial charge in [-0.3, -0.25) is 5.01 Å². The Morgan fingerprint density at radius 1 is 1.03 bits per heavy atom. The minimum atomic E-state index is -4.34. The number of hydrogen-bond donors (Lipinski definition) is 0. The van der Waals surface area contributed by atoms with Crippen LogP contribution in [0.5, 0.6) is 5.75 Å². The molecule has 1 spiro atoms. The van der Waals surface area contributed by atoms with Crippen molar-refractivity contribution in [2.24, 2.45) is 15.6 Å². The molecule has 1 aliphatic carbocycles. The Hall–Kier alpha value is -3.19. The van der Waals surface area contributed by atoms with Crippen LogP contribution in [0.4, 0.5) is 18.9 Å². The molecule has 6 nitrogen and oxygen atoms in total. The third kappa shape index (κ3) is 6.13. The zero-order chi connectivity index (χ0) is 25.8. The Labute approximate surface area is 209 Å². The molecule has 0 unspecified atom stereocenters. The van der Waals surface area contributed by atoms with Gasteiger partial charge in [0.05, 0.1) is 24.3 Å². The van der Waals surface area contributed by atoms with E-state index in [4.69, 9.17) is 15.4 Å². The van der Waals surface area contributed by atoms with Crippen LogP contribution in [0.15, 0.2) is 58.7 Å². The van der Waals surface area contributed by atoms with Gasteiger partial charge in [0.1, 0.15) is 11.4 Å². The molecule has 9 heteroatoms. The lowest BCUT2D eigenvalue weighted by atomic mass is 9.79. The topological polar surface area (TPSA) is 73.6 Å². The van der Waals surface area contributed by atoms with E-state index in [1.807, 2.05) is 31.0 Å². The molecule has 0 amide bonds. The molecule has 2 aromatic rings. The minimum Gasteiger partial charge on any atom is -0.488 e. The second-order valence-corrected chi connectivity index (χ2v) is 10.4. The number of azide groups is 1. The molecule has 2 aromatic carbocycles. The van der Waals surface area contributed by atoms with Crippen molar-refractivity contribution in [1.29, 1.82) is 0 Å². The Morgan fingerprint density at radius 2 is 1.69 bits per heavy atom. The highest BCUT2D eigenvalue weighted by Gasteiger charge is 2.44. The van der Waals surface area contributed by atoms with Gasteiger partial charge in [-0.1, -0.05) is 30.1 Å². The first kappa shape index (κ1) is 25.9. The highest BCUT2D eigenvalue weighted by molar-refractivity contribution is 5.94. The summed E-state index contributed by atoms with van der Waals surface area (Å²) in [6.45, 7) is 4.75. The molecule has 1 fully saturated rings. The lowest BCUT2D eigenvalue weighted by Gasteiger charge is -2.26. The first-order chi connectivity index (χ1) is 17.1. The third-order valence-electron chi connectivity index (χ3n) is 7.07. The molecule has 192 valence electrons. The van der Waals surface area contributed by atoms with Crippen molar-refractivity contribution in [3.63, 3.8) is 0 Å². The SMILES string of the molecule is CC(C)(CN=[N+]=[N-])Oc1ccc(CCCC2=NN(c3ccc(C(F)(F)F)cc3)CC23CCCC3)cc1. The van der Waals surface area contributed by atoms with Crippen molar-refractivity contribution in [2.75, 3.05) is 18.1 Å². The Morgan fingerprint density at radius 3 is 2.31 bits per heavy atom. The predicted molar refractivity (Wildman–Crippen MR) is 135 cm³/mol. The Bertz CT molecular complexity index is 1110. The molecule has 4 rings (SSSR count). The molecular formula is C27H32F3N5O. The molecule has 36 heavy (non-hydrogen) atoms. The number of anilines is 1. The molecule has 0 atom stereocenters. The van der Waals surface area contributed by atoms with E-state index >= 15 is 0 Å². The molecule has 0 radical (unpaired) electrons. The van der Waals surface area contributed by atoms with E-state index in [9.17, 15) is 13.2 Å². The highest BCUT2D eigenvalue weighted by Crippen LogP contribution is 2.46. The first-order valence-electron chi connectivity index (χ1n) is 12.4. The fourth-order valence-corrected chi connectivity index (χ4v) is 5.19. The summed E-state index contributed by atoms with van der Waals surface area (Å²) in [7, 11) is 0. The largest absolute Gasteiger partial charge is 0.488 e. The van der Waals surface area contributed by atoms with Crippen LogP contribution in [0, 0.1) is 5.41 Å². The molecule has 0 saturated heterocycles. The summed E-state index contributed by atoms with van der Waals surface area (Å²) in [4.78, 5) is 2.79. The van der Waals surface area contributed by atoms with Crippen LogP contribution in [-0.2, 0) is 12.6 Å². The number of rotatable bonds is 9. The summed E-state index contributed by atoms with van der Waals surface area (Å²) in [5.41, 5.74) is 10.4. The van der Waals surface area contributed by atoms with Crippen LogP contribution in [0.3, 0.4) is 0 Å². The van der Waals surface area contributed by atoms with Gasteiger partial charge in [0.2, 0.25) is 0 Å². The average Bonchev–Trinajstić information content (AvgIpc) is 3.46. The second kappa shape index (κ2) is 10.4. The number of halogens is 3. The van der Waals surface area contributed by atoms with E-state index in [1.165, 1.54) is 23.4 Å². The average molecular weight is 500 g/mol. The summed E-state index contributed by atoms with van der Waals surface area (Å²) in [5.74, 6) is 0.731. The monoisotopic (exact) mass is 499 g/mol. The van der Waals surface area contributed by atoms with E-state index in [0.717, 1.165) is 69.4 Å². The lowest BCUT2D eigenvalue weighted by Crippen LogP contribution is -2.31. The smallest absolute Gasteiger partial charge is 0.416 e. The van der Waals surface area contributed by atoms with E-state index < -0.39 is 17.3 Å². The number of hydrogen-bond acceptors (Lipinski definition) is 4. The second-order valence-electron chi connectivity index (χ2n) is 10.4. The third-order valence-corrected chi connectivity index (χ3v) is 7.07. The van der Waals surface area contributed by atoms with E-state index in [0.29, 0.717) is 5.69 Å². The molecule has 0 N–H and O–H groups in total. The quantitative estimate of drug-likeness (QED) is 0.200. The summed E-state index contributed by atoms with van der Waals surface area (Å²) in [6.07, 6.45) is 2.88. The van der Waals surface area contributed by atoms with E-state index in [2.05, 4.69) is 22.2 Å². The van der Waals surface area contributed by atoms with Crippen molar-refractivity contribution in [2.45, 2.75) is 70.6 Å². The van der Waals surface area contributed by atoms with Crippen molar-refractivity contribution < 1.29 is 17.9 Å². The fraction of sp³-hybridized carbons (Fsp3) is 0.519. The molecule has 1 saturated carbocycles. The van der Waals surface area contributed by atoms with Gasteiger partial charge in [0.15, 0.2) is 0 Å². The van der Waals surface area contributed by atoms with Gasteiger partial charge >= 0.3 is 6.18 Å². The van der Waals surface area contributed by atoms with Gasteiger partial charge < -0.3 is 4.74 Å². The molecule has 0 aromatic heterocycles. The zero-order valence-corrected chi connectivity index (χ0v) is 20.8. The van der Waals surface area contributed by atoms with Crippen molar-refractivity contribution in [3.05, 3.63) is 70.1 Å². The standard InChI is InChI=1S/C27H32F3N5O/c1-25(2,18-32-34-31)36-23-14-8-20(9-15-23)6-5-7-24-26(16-3-4-17-26)19-35(33-24)22-12-10-21(11-13-22)27(28,29)30/h8-15H,3-7,16-19H2,1-2H3. The van der Waals surface area contributed by atoms with Gasteiger partial charge in [-0.25, -0.2) is 0 Å². The van der Waals surface area contributed by atoms with Gasteiger partial charge in [0, 0.05) is 16.0 Å². The molecule has 0 bridgehead atoms. The number of hydrazone groups is 1. The van der Waals surface area contributed by atoms with Crippen molar-refractivity contribution in [3.8, 4) is 5.75 Å². The Balaban J connectivity index is 1.37. The summed E-state index contributed by atoms with van der Waals surface area (Å²) < 4.78 is 44.8. The molecule has 1 aliphatic heterocycles. The van der Waals surface area contributed by atoms with Crippen molar-refractivity contribution >= 4 is 11.4 Å². The van der Waals surface area contributed by atoms with Crippen LogP contribution in [0.2, 0.25) is 0 Å². The zero-order valence-electron chi connectivity index (χ0n) is 20.8. The predicted octanol–water partition coefficient (Wildman–Crippen LogP) is 7.93. The van der Waals surface area contributed by atoms with Crippen LogP contribution >= 0.6 is 0 Å². The summed E-state index contributed by atoms with van der Waals surface area (Å²) in [6, 6.07) is 13.3. The number of alkyl halides is 3. The van der Waals surface area contributed by atoms with E-state index in [1.54, 1.807) is 0 Å². The maximum Gasteiger partial charge on any atom is 0.416 e. The highest BCUT2D eigenvalue weighted by atomic mass is 19.4. The molecular weight excluding hydrogens is 467 g/mol. The van der Waals surface area contributed by atoms with Gasteiger partial charge in [0.25, 0.3) is 0 Å². The molecule has 1 heterocycles. The minimum absolute atomic E-state index is 0.0396. The summed E-state index contributed by atoms with van der Waals surface area (Å²) >= 11 is 0. The normalized spacial score (nSPS) is 17.2. The van der Waals surface area contributed by atoms with Gasteiger partial charge in [-0.05, 0) is 93.4 Å². The first-order valence-corrected chi connectivity index (χ1v) is 12.4. The molecule has 2 aliphatic rings. The van der Waals surface area contributed by atoms with Crippen LogP contribution in [0.25, 0.3) is 10.4 Å². The number of aryl methyl sites for hydroxylation is 1. The maximum atomic E-state index is 13.0. The maximum absolute atomic E-state index is 13.0. The van der Waals surface area contributed by atoms with Crippen LogP contribution in [0.1, 0.15) is 63.5 Å². The summed E-state index contributed by atoms with van der Waals surface area (Å²) in [5, 5.41) is 10.4. The van der Waals surface area contributed by atoms with Gasteiger partial charge in [-0.2, -0.15) is 18.3 Å². The number of benzene rings is 2. The van der Waals surface area contributed by atoms with Crippen LogP contribution in [-0.4, -0.2) is 24.4 Å². The van der Waals surface area contributed by atoms with Gasteiger partial charge in [-0.15, -0.1) is 0 Å². The lowest BCUT2D eigenvalue weighted by molar-refractivity contribution is -0.137.